The van der Waals surface area contributed by atoms with E-state index in [9.17, 15) is 9.59 Å². The summed E-state index contributed by atoms with van der Waals surface area (Å²) < 4.78 is 5.01. The highest BCUT2D eigenvalue weighted by Gasteiger charge is 2.13. The van der Waals surface area contributed by atoms with Gasteiger partial charge in [-0.15, -0.1) is 0 Å². The Kier molecular flexibility index (Phi) is 4.24. The van der Waals surface area contributed by atoms with Gasteiger partial charge in [0.25, 0.3) is 11.8 Å². The number of furan rings is 1. The van der Waals surface area contributed by atoms with Gasteiger partial charge in [0.15, 0.2) is 10.9 Å². The number of carbonyl (C=O) groups is 2. The van der Waals surface area contributed by atoms with Gasteiger partial charge in [0.2, 0.25) is 0 Å². The number of hydrogen-bond donors (Lipinski definition) is 2. The van der Waals surface area contributed by atoms with Crippen LogP contribution >= 0.6 is 11.8 Å². The Labute approximate surface area is 131 Å². The molecule has 0 unspecified atom stereocenters. The van der Waals surface area contributed by atoms with Gasteiger partial charge in [0.05, 0.1) is 12.8 Å². The monoisotopic (exact) mass is 315 g/mol. The van der Waals surface area contributed by atoms with Crippen LogP contribution in [0.3, 0.4) is 0 Å². The van der Waals surface area contributed by atoms with Crippen LogP contribution in [0, 0.1) is 0 Å². The molecule has 0 atom stereocenters. The molecule has 2 aromatic rings. The summed E-state index contributed by atoms with van der Waals surface area (Å²) in [6, 6.07) is 9.85. The van der Waals surface area contributed by atoms with E-state index in [1.165, 1.54) is 18.0 Å². The second-order valence-corrected chi connectivity index (χ2v) is 5.58. The Balaban J connectivity index is 1.62. The molecule has 1 aromatic heterocycles. The van der Waals surface area contributed by atoms with Crippen molar-refractivity contribution in [3.8, 4) is 0 Å². The van der Waals surface area contributed by atoms with Crippen molar-refractivity contribution in [2.24, 2.45) is 4.99 Å². The molecule has 1 aliphatic heterocycles. The molecule has 0 saturated carbocycles. The van der Waals surface area contributed by atoms with E-state index < -0.39 is 0 Å². The van der Waals surface area contributed by atoms with Crippen LogP contribution < -0.4 is 10.6 Å². The third kappa shape index (κ3) is 3.37. The summed E-state index contributed by atoms with van der Waals surface area (Å²) in [6.07, 6.45) is 1.44. The summed E-state index contributed by atoms with van der Waals surface area (Å²) in [6.45, 7) is 0.734. The van der Waals surface area contributed by atoms with Gasteiger partial charge in [-0.05, 0) is 36.4 Å². The smallest absolute Gasteiger partial charge is 0.291 e. The number of anilines is 1. The summed E-state index contributed by atoms with van der Waals surface area (Å²) in [4.78, 5) is 28.0. The van der Waals surface area contributed by atoms with Gasteiger partial charge in [-0.2, -0.15) is 0 Å². The third-order valence-electron chi connectivity index (χ3n) is 2.96. The fourth-order valence-electron chi connectivity index (χ4n) is 1.89. The van der Waals surface area contributed by atoms with Gasteiger partial charge >= 0.3 is 0 Å². The Morgan fingerprint density at radius 2 is 1.91 bits per heavy atom. The van der Waals surface area contributed by atoms with Crippen molar-refractivity contribution < 1.29 is 14.0 Å². The number of nitrogens with one attached hydrogen (secondary N) is 2. The van der Waals surface area contributed by atoms with Crippen molar-refractivity contribution >= 4 is 34.4 Å². The van der Waals surface area contributed by atoms with E-state index in [0.29, 0.717) is 16.4 Å². The molecule has 3 rings (SSSR count). The summed E-state index contributed by atoms with van der Waals surface area (Å²) in [5, 5.41) is 6.09. The average Bonchev–Trinajstić information content (AvgIpc) is 3.21. The zero-order chi connectivity index (χ0) is 15.4. The summed E-state index contributed by atoms with van der Waals surface area (Å²) in [5.41, 5.74) is 1.09. The van der Waals surface area contributed by atoms with Crippen molar-refractivity contribution in [1.29, 1.82) is 0 Å². The van der Waals surface area contributed by atoms with Crippen molar-refractivity contribution in [1.82, 2.24) is 5.32 Å². The van der Waals surface area contributed by atoms with Gasteiger partial charge < -0.3 is 15.1 Å². The molecule has 0 radical (unpaired) electrons. The van der Waals surface area contributed by atoms with Crippen LogP contribution in [0.4, 0.5) is 5.69 Å². The van der Waals surface area contributed by atoms with Crippen molar-refractivity contribution in [2.75, 3.05) is 17.6 Å². The normalized spacial score (nSPS) is 13.5. The van der Waals surface area contributed by atoms with E-state index in [-0.39, 0.29) is 17.6 Å². The molecule has 0 fully saturated rings. The minimum atomic E-state index is -0.334. The first-order chi connectivity index (χ1) is 10.7. The number of aliphatic imine (C=N–C) groups is 1. The molecule has 0 bridgehead atoms. The third-order valence-corrected chi connectivity index (χ3v) is 3.85. The molecule has 112 valence electrons. The lowest BCUT2D eigenvalue weighted by atomic mass is 10.2. The fourth-order valence-corrected chi connectivity index (χ4v) is 2.61. The first-order valence-electron chi connectivity index (χ1n) is 6.66. The van der Waals surface area contributed by atoms with E-state index in [0.717, 1.165) is 12.3 Å². The highest BCUT2D eigenvalue weighted by atomic mass is 32.2. The molecule has 0 aliphatic carbocycles. The maximum Gasteiger partial charge on any atom is 0.291 e. The van der Waals surface area contributed by atoms with E-state index >= 15 is 0 Å². The number of amides is 2. The second kappa shape index (κ2) is 6.48. The molecule has 6 nitrogen and oxygen atoms in total. The minimum Gasteiger partial charge on any atom is -0.459 e. The number of benzene rings is 1. The molecule has 22 heavy (non-hydrogen) atoms. The summed E-state index contributed by atoms with van der Waals surface area (Å²) in [5.74, 6) is 0.585. The summed E-state index contributed by atoms with van der Waals surface area (Å²) in [7, 11) is 0. The van der Waals surface area contributed by atoms with E-state index in [1.54, 1.807) is 36.4 Å². The van der Waals surface area contributed by atoms with Gasteiger partial charge in [0, 0.05) is 17.0 Å². The zero-order valence-electron chi connectivity index (χ0n) is 11.5. The lowest BCUT2D eigenvalue weighted by Gasteiger charge is -2.06. The van der Waals surface area contributed by atoms with Gasteiger partial charge in [-0.25, -0.2) is 0 Å². The zero-order valence-corrected chi connectivity index (χ0v) is 12.4. The molecule has 0 saturated heterocycles. The molecule has 1 aliphatic rings. The summed E-state index contributed by atoms with van der Waals surface area (Å²) >= 11 is 1.53. The Hall–Kier alpha value is -2.54. The van der Waals surface area contributed by atoms with Crippen LogP contribution in [-0.2, 0) is 0 Å². The van der Waals surface area contributed by atoms with Crippen molar-refractivity contribution in [3.05, 3.63) is 54.0 Å². The average molecular weight is 315 g/mol. The first-order valence-corrected chi connectivity index (χ1v) is 7.64. The SMILES string of the molecule is O=C(NC1=NCCS1)c1ccc(NC(=O)c2ccco2)cc1. The Bertz CT molecular complexity index is 708. The Morgan fingerprint density at radius 3 is 2.55 bits per heavy atom. The van der Waals surface area contributed by atoms with Gasteiger partial charge in [-0.1, -0.05) is 11.8 Å². The van der Waals surface area contributed by atoms with Crippen molar-refractivity contribution in [2.45, 2.75) is 0 Å². The molecule has 0 spiro atoms. The molecular weight excluding hydrogens is 302 g/mol. The quantitative estimate of drug-likeness (QED) is 0.911. The molecule has 2 amide bonds. The largest absolute Gasteiger partial charge is 0.459 e. The van der Waals surface area contributed by atoms with Crippen LogP contribution in [0.25, 0.3) is 0 Å². The number of hydrogen-bond acceptors (Lipinski definition) is 5. The Morgan fingerprint density at radius 1 is 1.09 bits per heavy atom. The maximum atomic E-state index is 12.0. The number of thioether (sulfide) groups is 1. The molecular formula is C15H13N3O3S. The molecule has 1 aromatic carbocycles. The number of rotatable bonds is 3. The maximum absolute atomic E-state index is 12.0. The van der Waals surface area contributed by atoms with E-state index in [4.69, 9.17) is 4.42 Å². The molecule has 2 N–H and O–H groups in total. The minimum absolute atomic E-state index is 0.211. The second-order valence-electron chi connectivity index (χ2n) is 4.50. The lowest BCUT2D eigenvalue weighted by Crippen LogP contribution is -2.27. The highest BCUT2D eigenvalue weighted by Crippen LogP contribution is 2.13. The molecule has 7 heteroatoms. The number of carbonyl (C=O) groups excluding carboxylic acids is 2. The van der Waals surface area contributed by atoms with Crippen LogP contribution in [0.5, 0.6) is 0 Å². The fraction of sp³-hybridized carbons (Fsp3) is 0.133. The highest BCUT2D eigenvalue weighted by molar-refractivity contribution is 8.14. The lowest BCUT2D eigenvalue weighted by molar-refractivity contribution is 0.0976. The van der Waals surface area contributed by atoms with Crippen molar-refractivity contribution in [3.63, 3.8) is 0 Å². The van der Waals surface area contributed by atoms with Gasteiger partial charge in [-0.3, -0.25) is 14.6 Å². The standard InChI is InChI=1S/C15H13N3O3S/c19-13(18-15-16-7-9-22-15)10-3-5-11(6-4-10)17-14(20)12-2-1-8-21-12/h1-6,8H,7,9H2,(H,17,20)(H,16,18,19). The number of nitrogens with zero attached hydrogens (tertiary/aromatic N) is 1. The predicted molar refractivity (Wildman–Crippen MR) is 85.3 cm³/mol. The first kappa shape index (κ1) is 14.4. The van der Waals surface area contributed by atoms with Crippen LogP contribution in [0.1, 0.15) is 20.9 Å². The van der Waals surface area contributed by atoms with E-state index in [1.807, 2.05) is 0 Å². The molecule has 2 heterocycles. The number of amidine groups is 1. The van der Waals surface area contributed by atoms with Gasteiger partial charge in [0.1, 0.15) is 0 Å². The topological polar surface area (TPSA) is 83.7 Å². The van der Waals surface area contributed by atoms with Crippen LogP contribution in [0.2, 0.25) is 0 Å². The van der Waals surface area contributed by atoms with E-state index in [2.05, 4.69) is 15.6 Å². The van der Waals surface area contributed by atoms with Crippen LogP contribution in [0.15, 0.2) is 52.1 Å². The predicted octanol–water partition coefficient (Wildman–Crippen LogP) is 2.36. The van der Waals surface area contributed by atoms with Crippen LogP contribution in [-0.4, -0.2) is 29.3 Å².